The van der Waals surface area contributed by atoms with Gasteiger partial charge in [0.05, 0.1) is 0 Å². The lowest BCUT2D eigenvalue weighted by molar-refractivity contribution is 0.444. The van der Waals surface area contributed by atoms with Crippen molar-refractivity contribution in [2.45, 2.75) is 25.2 Å². The Morgan fingerprint density at radius 1 is 0.696 bits per heavy atom. The van der Waals surface area contributed by atoms with E-state index in [0.29, 0.717) is 5.75 Å². The lowest BCUT2D eigenvalue weighted by atomic mass is 9.66. The van der Waals surface area contributed by atoms with Gasteiger partial charge in [0.15, 0.2) is 0 Å². The number of hydrogen-bond donors (Lipinski definition) is 1. The zero-order valence-corrected chi connectivity index (χ0v) is 13.4. The van der Waals surface area contributed by atoms with Crippen LogP contribution in [0.4, 0.5) is 0 Å². The summed E-state index contributed by atoms with van der Waals surface area (Å²) in [5.41, 5.74) is 3.08. The van der Waals surface area contributed by atoms with E-state index in [4.69, 9.17) is 0 Å². The van der Waals surface area contributed by atoms with Gasteiger partial charge in [0, 0.05) is 11.0 Å². The molecule has 0 radical (unpaired) electrons. The van der Waals surface area contributed by atoms with Gasteiger partial charge in [0.1, 0.15) is 5.75 Å². The summed E-state index contributed by atoms with van der Waals surface area (Å²) in [5, 5.41) is 10.6. The van der Waals surface area contributed by atoms with Crippen LogP contribution in [0.25, 0.3) is 0 Å². The van der Waals surface area contributed by atoms with Crippen molar-refractivity contribution in [2.75, 3.05) is 0 Å². The van der Waals surface area contributed by atoms with Crippen molar-refractivity contribution < 1.29 is 5.11 Å². The molecule has 0 atom stereocenters. The van der Waals surface area contributed by atoms with Crippen molar-refractivity contribution >= 4 is 0 Å². The largest absolute Gasteiger partial charge is 0.508 e. The smallest absolute Gasteiger partial charge is 0.120 e. The standard InChI is InChI=1S/C22H22O/c1-2-17-22(18-11-5-3-6-12-18,19-13-7-4-8-14-19)20-15-9-10-16-21(20)23/h3-16,23H,2,17H2,1H3. The lowest BCUT2D eigenvalue weighted by Gasteiger charge is -2.36. The Bertz CT molecular complexity index is 708. The number of phenolic OH excluding ortho intramolecular Hbond substituents is 1. The summed E-state index contributed by atoms with van der Waals surface area (Å²) in [6.07, 6.45) is 1.97. The van der Waals surface area contributed by atoms with Gasteiger partial charge in [-0.15, -0.1) is 0 Å². The van der Waals surface area contributed by atoms with E-state index in [-0.39, 0.29) is 5.41 Å². The average Bonchev–Trinajstić information content (AvgIpc) is 2.62. The highest BCUT2D eigenvalue weighted by Gasteiger charge is 2.37. The van der Waals surface area contributed by atoms with Gasteiger partial charge in [-0.25, -0.2) is 0 Å². The van der Waals surface area contributed by atoms with Crippen LogP contribution in [0, 0.1) is 0 Å². The summed E-state index contributed by atoms with van der Waals surface area (Å²) < 4.78 is 0. The predicted molar refractivity (Wildman–Crippen MR) is 95.8 cm³/mol. The molecule has 0 unspecified atom stereocenters. The molecule has 0 saturated carbocycles. The second kappa shape index (κ2) is 6.70. The minimum Gasteiger partial charge on any atom is -0.508 e. The van der Waals surface area contributed by atoms with E-state index < -0.39 is 0 Å². The van der Waals surface area contributed by atoms with Gasteiger partial charge in [-0.3, -0.25) is 0 Å². The SMILES string of the molecule is CCCC(c1ccccc1)(c1ccccc1)c1ccccc1O. The molecular weight excluding hydrogens is 280 g/mol. The third kappa shape index (κ3) is 2.75. The summed E-state index contributed by atoms with van der Waals surface area (Å²) in [6.45, 7) is 2.20. The second-order valence-corrected chi connectivity index (χ2v) is 5.90. The summed E-state index contributed by atoms with van der Waals surface area (Å²) in [4.78, 5) is 0. The van der Waals surface area contributed by atoms with E-state index in [1.807, 2.05) is 30.3 Å². The molecule has 0 saturated heterocycles. The fourth-order valence-corrected chi connectivity index (χ4v) is 3.56. The highest BCUT2D eigenvalue weighted by atomic mass is 16.3. The predicted octanol–water partition coefficient (Wildman–Crippen LogP) is 5.53. The average molecular weight is 302 g/mol. The van der Waals surface area contributed by atoms with Gasteiger partial charge < -0.3 is 5.11 Å². The molecule has 3 aromatic rings. The van der Waals surface area contributed by atoms with Crippen LogP contribution in [0.5, 0.6) is 5.75 Å². The Labute approximate surface area is 138 Å². The van der Waals surface area contributed by atoms with Gasteiger partial charge >= 0.3 is 0 Å². The molecule has 0 aliphatic heterocycles. The van der Waals surface area contributed by atoms with Crippen LogP contribution < -0.4 is 0 Å². The summed E-state index contributed by atoms with van der Waals surface area (Å²) in [5.74, 6) is 0.355. The van der Waals surface area contributed by atoms with Crippen LogP contribution in [-0.4, -0.2) is 5.11 Å². The van der Waals surface area contributed by atoms with E-state index in [1.54, 1.807) is 6.07 Å². The fraction of sp³-hybridized carbons (Fsp3) is 0.182. The number of benzene rings is 3. The molecule has 0 heterocycles. The van der Waals surface area contributed by atoms with E-state index in [9.17, 15) is 5.11 Å². The van der Waals surface area contributed by atoms with Crippen molar-refractivity contribution in [3.63, 3.8) is 0 Å². The molecule has 1 heteroatoms. The fourth-order valence-electron chi connectivity index (χ4n) is 3.56. The molecule has 3 rings (SSSR count). The minimum absolute atomic E-state index is 0.331. The Morgan fingerprint density at radius 2 is 1.17 bits per heavy atom. The maximum Gasteiger partial charge on any atom is 0.120 e. The Morgan fingerprint density at radius 3 is 1.65 bits per heavy atom. The molecule has 0 amide bonds. The molecule has 0 fully saturated rings. The minimum atomic E-state index is -0.331. The van der Waals surface area contributed by atoms with Crippen molar-refractivity contribution in [3.05, 3.63) is 102 Å². The lowest BCUT2D eigenvalue weighted by Crippen LogP contribution is -2.29. The Balaban J connectivity index is 2.34. The zero-order valence-electron chi connectivity index (χ0n) is 13.4. The highest BCUT2D eigenvalue weighted by Crippen LogP contribution is 2.46. The molecule has 0 aliphatic rings. The quantitative estimate of drug-likeness (QED) is 0.615. The Kier molecular flexibility index (Phi) is 4.47. The molecule has 0 spiro atoms. The van der Waals surface area contributed by atoms with E-state index >= 15 is 0 Å². The highest BCUT2D eigenvalue weighted by molar-refractivity contribution is 5.54. The molecular formula is C22H22O. The maximum atomic E-state index is 10.6. The second-order valence-electron chi connectivity index (χ2n) is 5.90. The number of para-hydroxylation sites is 1. The molecule has 116 valence electrons. The summed E-state index contributed by atoms with van der Waals surface area (Å²) in [6, 6.07) is 28.7. The van der Waals surface area contributed by atoms with E-state index in [2.05, 4.69) is 55.5 Å². The number of phenols is 1. The van der Waals surface area contributed by atoms with E-state index in [0.717, 1.165) is 18.4 Å². The molecule has 3 aromatic carbocycles. The first-order chi connectivity index (χ1) is 11.3. The molecule has 1 nitrogen and oxygen atoms in total. The monoisotopic (exact) mass is 302 g/mol. The topological polar surface area (TPSA) is 20.2 Å². The first-order valence-electron chi connectivity index (χ1n) is 8.18. The van der Waals surface area contributed by atoms with Crippen molar-refractivity contribution in [1.82, 2.24) is 0 Å². The molecule has 1 N–H and O–H groups in total. The summed E-state index contributed by atoms with van der Waals surface area (Å²) in [7, 11) is 0. The van der Waals surface area contributed by atoms with Crippen LogP contribution in [0.1, 0.15) is 36.5 Å². The van der Waals surface area contributed by atoms with Crippen LogP contribution in [0.2, 0.25) is 0 Å². The van der Waals surface area contributed by atoms with E-state index in [1.165, 1.54) is 11.1 Å². The summed E-state index contributed by atoms with van der Waals surface area (Å²) >= 11 is 0. The van der Waals surface area contributed by atoms with Crippen molar-refractivity contribution in [3.8, 4) is 5.75 Å². The van der Waals surface area contributed by atoms with Gasteiger partial charge in [-0.2, -0.15) is 0 Å². The third-order valence-corrected chi connectivity index (χ3v) is 4.52. The van der Waals surface area contributed by atoms with Gasteiger partial charge in [-0.05, 0) is 23.6 Å². The molecule has 0 aliphatic carbocycles. The molecule has 0 bridgehead atoms. The number of rotatable bonds is 5. The maximum absolute atomic E-state index is 10.6. The van der Waals surface area contributed by atoms with Crippen LogP contribution in [0.3, 0.4) is 0 Å². The number of hydrogen-bond acceptors (Lipinski definition) is 1. The normalized spacial score (nSPS) is 11.3. The third-order valence-electron chi connectivity index (χ3n) is 4.52. The first-order valence-corrected chi connectivity index (χ1v) is 8.18. The van der Waals surface area contributed by atoms with Gasteiger partial charge in [0.2, 0.25) is 0 Å². The van der Waals surface area contributed by atoms with Crippen molar-refractivity contribution in [2.24, 2.45) is 0 Å². The van der Waals surface area contributed by atoms with Crippen LogP contribution in [-0.2, 0) is 5.41 Å². The molecule has 0 aromatic heterocycles. The Hall–Kier alpha value is -2.54. The van der Waals surface area contributed by atoms with Crippen LogP contribution >= 0.6 is 0 Å². The number of aromatic hydroxyl groups is 1. The van der Waals surface area contributed by atoms with Crippen molar-refractivity contribution in [1.29, 1.82) is 0 Å². The first kappa shape index (κ1) is 15.4. The zero-order chi connectivity index (χ0) is 16.1. The van der Waals surface area contributed by atoms with Gasteiger partial charge in [0.25, 0.3) is 0 Å². The molecule has 23 heavy (non-hydrogen) atoms. The van der Waals surface area contributed by atoms with Crippen LogP contribution in [0.15, 0.2) is 84.9 Å². The van der Waals surface area contributed by atoms with Gasteiger partial charge in [-0.1, -0.05) is 92.2 Å².